The van der Waals surface area contributed by atoms with E-state index in [-0.39, 0.29) is 18.7 Å². The van der Waals surface area contributed by atoms with Gasteiger partial charge < -0.3 is 20.5 Å². The molecule has 2 aromatic rings. The average molecular weight is 334 g/mol. The second-order valence-corrected chi connectivity index (χ2v) is 6.43. The van der Waals surface area contributed by atoms with Crippen LogP contribution >= 0.6 is 11.3 Å². The molecule has 2 rings (SSSR count). The Labute approximate surface area is 140 Å². The van der Waals surface area contributed by atoms with Gasteiger partial charge in [-0.2, -0.15) is 0 Å². The van der Waals surface area contributed by atoms with E-state index >= 15 is 0 Å². The van der Waals surface area contributed by atoms with Crippen LogP contribution in [0.2, 0.25) is 0 Å². The number of hydrogen-bond donors (Lipinski definition) is 3. The summed E-state index contributed by atoms with van der Waals surface area (Å²) in [5.74, 6) is 0.707. The number of ether oxygens (including phenoxy) is 1. The van der Waals surface area contributed by atoms with Gasteiger partial charge in [-0.05, 0) is 43.0 Å². The largest absolute Gasteiger partial charge is 0.491 e. The van der Waals surface area contributed by atoms with Gasteiger partial charge in [0.05, 0.1) is 18.8 Å². The predicted molar refractivity (Wildman–Crippen MR) is 91.7 cm³/mol. The molecule has 1 atom stereocenters. The van der Waals surface area contributed by atoms with Crippen molar-refractivity contribution < 1.29 is 14.6 Å². The van der Waals surface area contributed by atoms with Gasteiger partial charge in [-0.25, -0.2) is 4.79 Å². The number of carbonyl (C=O) groups excluding carboxylic acids is 1. The van der Waals surface area contributed by atoms with Gasteiger partial charge in [0, 0.05) is 11.4 Å². The Kier molecular flexibility index (Phi) is 6.43. The topological polar surface area (TPSA) is 70.6 Å². The normalized spacial score (nSPS) is 12.0. The fourth-order valence-electron chi connectivity index (χ4n) is 2.02. The minimum atomic E-state index is -0.779. The number of nitrogens with one attached hydrogen (secondary N) is 2. The second-order valence-electron chi connectivity index (χ2n) is 5.40. The molecule has 0 saturated carbocycles. The second kappa shape index (κ2) is 8.55. The maximum absolute atomic E-state index is 11.7. The molecule has 0 radical (unpaired) electrons. The Morgan fingerprint density at radius 3 is 2.78 bits per heavy atom. The quantitative estimate of drug-likeness (QED) is 0.729. The third-order valence-corrected chi connectivity index (χ3v) is 3.95. The van der Waals surface area contributed by atoms with Crippen LogP contribution in [-0.2, 0) is 6.54 Å². The zero-order chi connectivity index (χ0) is 16.7. The molecule has 1 aromatic heterocycles. The number of urea groups is 1. The number of thiophene rings is 1. The Hall–Kier alpha value is -2.05. The molecule has 0 aliphatic heterocycles. The highest BCUT2D eigenvalue weighted by molar-refractivity contribution is 7.09. The first-order valence-corrected chi connectivity index (χ1v) is 8.41. The fraction of sp³-hybridized carbons (Fsp3) is 0.353. The molecule has 5 nitrogen and oxygen atoms in total. The van der Waals surface area contributed by atoms with Crippen LogP contribution < -0.4 is 15.4 Å². The van der Waals surface area contributed by atoms with Crippen molar-refractivity contribution in [3.63, 3.8) is 0 Å². The lowest BCUT2D eigenvalue weighted by Crippen LogP contribution is -2.37. The van der Waals surface area contributed by atoms with E-state index in [1.807, 2.05) is 49.6 Å². The van der Waals surface area contributed by atoms with E-state index in [9.17, 15) is 9.90 Å². The monoisotopic (exact) mass is 334 g/mol. The molecular formula is C17H22N2O3S. The van der Waals surface area contributed by atoms with E-state index in [2.05, 4.69) is 10.6 Å². The average Bonchev–Trinajstić information content (AvgIpc) is 3.03. The van der Waals surface area contributed by atoms with Gasteiger partial charge in [-0.3, -0.25) is 0 Å². The minimum Gasteiger partial charge on any atom is -0.491 e. The summed E-state index contributed by atoms with van der Waals surface area (Å²) in [6.45, 7) is 4.52. The smallest absolute Gasteiger partial charge is 0.315 e. The van der Waals surface area contributed by atoms with Crippen LogP contribution in [0, 0.1) is 0 Å². The van der Waals surface area contributed by atoms with Crippen molar-refractivity contribution in [2.75, 3.05) is 6.54 Å². The number of hydrogen-bond acceptors (Lipinski definition) is 4. The third kappa shape index (κ3) is 5.92. The molecule has 0 saturated heterocycles. The van der Waals surface area contributed by atoms with Gasteiger partial charge in [0.15, 0.2) is 0 Å². The molecule has 0 aliphatic carbocycles. The van der Waals surface area contributed by atoms with Crippen molar-refractivity contribution in [1.29, 1.82) is 0 Å². The van der Waals surface area contributed by atoms with Crippen LogP contribution in [0.25, 0.3) is 0 Å². The Morgan fingerprint density at radius 2 is 2.09 bits per heavy atom. The summed E-state index contributed by atoms with van der Waals surface area (Å²) in [6, 6.07) is 10.9. The molecule has 23 heavy (non-hydrogen) atoms. The molecule has 0 spiro atoms. The van der Waals surface area contributed by atoms with E-state index < -0.39 is 6.10 Å². The lowest BCUT2D eigenvalue weighted by Gasteiger charge is -2.15. The zero-order valence-electron chi connectivity index (χ0n) is 13.3. The molecule has 1 heterocycles. The predicted octanol–water partition coefficient (Wildman–Crippen LogP) is 3.07. The summed E-state index contributed by atoms with van der Waals surface area (Å²) in [6.07, 6.45) is -0.707. The standard InChI is InChI=1S/C17H22N2O3S/c1-12(2)22-14-6-3-5-13(9-14)16(20)11-19-17(21)18-10-15-7-4-8-23-15/h3-9,12,16,20H,10-11H2,1-2H3,(H2,18,19,21)/t16-/m1/s1. The van der Waals surface area contributed by atoms with Crippen molar-refractivity contribution in [3.8, 4) is 5.75 Å². The fourth-order valence-corrected chi connectivity index (χ4v) is 2.66. The highest BCUT2D eigenvalue weighted by Crippen LogP contribution is 2.19. The molecule has 0 unspecified atom stereocenters. The van der Waals surface area contributed by atoms with Crippen molar-refractivity contribution in [2.45, 2.75) is 32.6 Å². The van der Waals surface area contributed by atoms with Crippen molar-refractivity contribution >= 4 is 17.4 Å². The van der Waals surface area contributed by atoms with Crippen LogP contribution in [0.1, 0.15) is 30.4 Å². The number of aliphatic hydroxyl groups excluding tert-OH is 1. The summed E-state index contributed by atoms with van der Waals surface area (Å²) >= 11 is 1.59. The highest BCUT2D eigenvalue weighted by atomic mass is 32.1. The first kappa shape index (κ1) is 17.3. The van der Waals surface area contributed by atoms with E-state index in [1.54, 1.807) is 17.4 Å². The molecule has 0 bridgehead atoms. The molecule has 0 aliphatic rings. The molecule has 3 N–H and O–H groups in total. The first-order valence-electron chi connectivity index (χ1n) is 7.53. The van der Waals surface area contributed by atoms with Crippen LogP contribution in [0.5, 0.6) is 5.75 Å². The van der Waals surface area contributed by atoms with E-state index in [0.717, 1.165) is 4.88 Å². The first-order chi connectivity index (χ1) is 11.0. The van der Waals surface area contributed by atoms with E-state index in [1.165, 1.54) is 0 Å². The SMILES string of the molecule is CC(C)Oc1cccc([C@H](O)CNC(=O)NCc2cccs2)c1. The minimum absolute atomic E-state index is 0.0727. The van der Waals surface area contributed by atoms with Crippen LogP contribution in [-0.4, -0.2) is 23.8 Å². The molecule has 2 amide bonds. The zero-order valence-corrected chi connectivity index (χ0v) is 14.1. The summed E-state index contributed by atoms with van der Waals surface area (Å²) in [4.78, 5) is 12.8. The van der Waals surface area contributed by atoms with Gasteiger partial charge in [0.2, 0.25) is 0 Å². The Morgan fingerprint density at radius 1 is 1.26 bits per heavy atom. The molecule has 0 fully saturated rings. The molecule has 124 valence electrons. The van der Waals surface area contributed by atoms with Gasteiger partial charge in [0.25, 0.3) is 0 Å². The van der Waals surface area contributed by atoms with Crippen LogP contribution in [0.15, 0.2) is 41.8 Å². The van der Waals surface area contributed by atoms with Gasteiger partial charge in [-0.15, -0.1) is 11.3 Å². The van der Waals surface area contributed by atoms with Gasteiger partial charge >= 0.3 is 6.03 Å². The number of carbonyl (C=O) groups is 1. The molecular weight excluding hydrogens is 312 g/mol. The number of benzene rings is 1. The molecule has 1 aromatic carbocycles. The van der Waals surface area contributed by atoms with E-state index in [4.69, 9.17) is 4.74 Å². The summed E-state index contributed by atoms with van der Waals surface area (Å²) in [5, 5.41) is 17.6. The van der Waals surface area contributed by atoms with Gasteiger partial charge in [-0.1, -0.05) is 18.2 Å². The van der Waals surface area contributed by atoms with Crippen molar-refractivity contribution in [3.05, 3.63) is 52.2 Å². The summed E-state index contributed by atoms with van der Waals surface area (Å²) in [5.41, 5.74) is 0.710. The summed E-state index contributed by atoms with van der Waals surface area (Å²) < 4.78 is 5.60. The Balaban J connectivity index is 1.79. The summed E-state index contributed by atoms with van der Waals surface area (Å²) in [7, 11) is 0. The van der Waals surface area contributed by atoms with Crippen molar-refractivity contribution in [1.82, 2.24) is 10.6 Å². The maximum atomic E-state index is 11.7. The number of aliphatic hydroxyl groups is 1. The number of rotatable bonds is 7. The third-order valence-electron chi connectivity index (χ3n) is 3.07. The Bertz CT molecular complexity index is 614. The lowest BCUT2D eigenvalue weighted by atomic mass is 10.1. The number of amides is 2. The van der Waals surface area contributed by atoms with Crippen LogP contribution in [0.4, 0.5) is 4.79 Å². The van der Waals surface area contributed by atoms with Crippen LogP contribution in [0.3, 0.4) is 0 Å². The lowest BCUT2D eigenvalue weighted by molar-refractivity contribution is 0.172. The highest BCUT2D eigenvalue weighted by Gasteiger charge is 2.11. The molecule has 6 heteroatoms. The maximum Gasteiger partial charge on any atom is 0.315 e. The van der Waals surface area contributed by atoms with Gasteiger partial charge in [0.1, 0.15) is 5.75 Å². The van der Waals surface area contributed by atoms with Crippen molar-refractivity contribution in [2.24, 2.45) is 0 Å². The van der Waals surface area contributed by atoms with E-state index in [0.29, 0.717) is 17.9 Å².